The molecule has 3 N–H and O–H groups in total. The predicted molar refractivity (Wildman–Crippen MR) is 84.8 cm³/mol. The molecule has 11 heteroatoms. The normalized spacial score (nSPS) is 18.4. The van der Waals surface area contributed by atoms with E-state index in [2.05, 4.69) is 5.32 Å². The first-order valence-corrected chi connectivity index (χ1v) is 9.22. The molecule has 1 unspecified atom stereocenters. The van der Waals surface area contributed by atoms with Gasteiger partial charge in [-0.2, -0.15) is 4.31 Å². The summed E-state index contributed by atoms with van der Waals surface area (Å²) in [5.74, 6) is -3.83. The average Bonchev–Trinajstić information content (AvgIpc) is 2.99. The van der Waals surface area contributed by atoms with E-state index in [1.165, 1.54) is 0 Å². The molecule has 1 aliphatic heterocycles. The van der Waals surface area contributed by atoms with E-state index in [1.54, 1.807) is 0 Å². The Morgan fingerprint density at radius 3 is 2.52 bits per heavy atom. The van der Waals surface area contributed by atoms with Crippen LogP contribution in [-0.4, -0.2) is 68.0 Å². The number of hydrogen-bond acceptors (Lipinski definition) is 5. The van der Waals surface area contributed by atoms with Gasteiger partial charge in [0.15, 0.2) is 17.8 Å². The lowest BCUT2D eigenvalue weighted by molar-refractivity contribution is -0.127. The fourth-order valence-electron chi connectivity index (χ4n) is 2.52. The van der Waals surface area contributed by atoms with Crippen LogP contribution >= 0.6 is 0 Å². The van der Waals surface area contributed by atoms with E-state index >= 15 is 0 Å². The molecule has 0 spiro atoms. The van der Waals surface area contributed by atoms with Crippen molar-refractivity contribution in [3.63, 3.8) is 0 Å². The summed E-state index contributed by atoms with van der Waals surface area (Å²) in [6.07, 6.45) is -0.496. The summed E-state index contributed by atoms with van der Waals surface area (Å²) in [5.41, 5.74) is 5.12. The van der Waals surface area contributed by atoms with Gasteiger partial charge in [-0.1, -0.05) is 0 Å². The maximum Gasteiger partial charge on any atom is 0.259 e. The first kappa shape index (κ1) is 19.2. The predicted octanol–water partition coefficient (Wildman–Crippen LogP) is -0.917. The van der Waals surface area contributed by atoms with Crippen LogP contribution in [0, 0.1) is 11.6 Å². The van der Waals surface area contributed by atoms with Gasteiger partial charge in [-0.3, -0.25) is 9.59 Å². The van der Waals surface area contributed by atoms with Crippen molar-refractivity contribution in [2.45, 2.75) is 6.17 Å². The largest absolute Gasteiger partial charge is 0.352 e. The maximum atomic E-state index is 13.4. The zero-order valence-electron chi connectivity index (χ0n) is 13.4. The molecule has 1 saturated heterocycles. The number of carbonyl (C=O) groups is 2. The Bertz CT molecular complexity index is 787. The molecule has 2 amide bonds. The van der Waals surface area contributed by atoms with Gasteiger partial charge in [0, 0.05) is 31.7 Å². The quantitative estimate of drug-likeness (QED) is 0.690. The van der Waals surface area contributed by atoms with Gasteiger partial charge in [0.05, 0.1) is 6.26 Å². The Hall–Kier alpha value is -2.11. The van der Waals surface area contributed by atoms with Crippen molar-refractivity contribution in [1.82, 2.24) is 14.5 Å². The molecular weight excluding hydrogens is 358 g/mol. The number of hydrogen-bond donors (Lipinski definition) is 2. The summed E-state index contributed by atoms with van der Waals surface area (Å²) in [5, 5.41) is 2.44. The molecule has 1 heterocycles. The highest BCUT2D eigenvalue weighted by atomic mass is 32.2. The van der Waals surface area contributed by atoms with Crippen molar-refractivity contribution in [2.24, 2.45) is 5.73 Å². The van der Waals surface area contributed by atoms with Gasteiger partial charge in [0.2, 0.25) is 10.0 Å². The summed E-state index contributed by atoms with van der Waals surface area (Å²) >= 11 is 0. The topological polar surface area (TPSA) is 113 Å². The van der Waals surface area contributed by atoms with E-state index < -0.39 is 39.6 Å². The molecule has 138 valence electrons. The van der Waals surface area contributed by atoms with Gasteiger partial charge in [-0.05, 0) is 18.2 Å². The number of nitrogens with zero attached hydrogens (tertiary/aromatic N) is 2. The van der Waals surface area contributed by atoms with Crippen LogP contribution < -0.4 is 11.1 Å². The lowest BCUT2D eigenvalue weighted by atomic mass is 10.2. The number of amides is 2. The molecule has 8 nitrogen and oxygen atoms in total. The first-order valence-electron chi connectivity index (χ1n) is 7.37. The third-order valence-corrected chi connectivity index (χ3v) is 4.89. The van der Waals surface area contributed by atoms with Gasteiger partial charge in [-0.15, -0.1) is 0 Å². The summed E-state index contributed by atoms with van der Waals surface area (Å²) in [4.78, 5) is 25.9. The van der Waals surface area contributed by atoms with Gasteiger partial charge in [-0.25, -0.2) is 17.2 Å². The van der Waals surface area contributed by atoms with E-state index in [9.17, 15) is 26.8 Å². The second-order valence-electron chi connectivity index (χ2n) is 5.45. The van der Waals surface area contributed by atoms with Crippen molar-refractivity contribution in [3.05, 3.63) is 35.4 Å². The summed E-state index contributed by atoms with van der Waals surface area (Å²) in [6.45, 7) is 0.0785. The first-order chi connectivity index (χ1) is 11.7. The van der Waals surface area contributed by atoms with E-state index in [0.717, 1.165) is 27.6 Å². The number of benzene rings is 1. The van der Waals surface area contributed by atoms with E-state index in [4.69, 9.17) is 5.73 Å². The minimum Gasteiger partial charge on any atom is -0.352 e. The molecule has 0 aliphatic carbocycles. The lowest BCUT2D eigenvalue weighted by Gasteiger charge is -2.27. The summed E-state index contributed by atoms with van der Waals surface area (Å²) in [6, 6.07) is 2.56. The Morgan fingerprint density at radius 2 is 1.96 bits per heavy atom. The molecule has 0 radical (unpaired) electrons. The van der Waals surface area contributed by atoms with Crippen molar-refractivity contribution >= 4 is 21.8 Å². The Morgan fingerprint density at radius 1 is 1.28 bits per heavy atom. The second-order valence-corrected chi connectivity index (χ2v) is 7.39. The molecule has 0 aromatic heterocycles. The molecule has 1 atom stereocenters. The van der Waals surface area contributed by atoms with Gasteiger partial charge in [0.25, 0.3) is 11.8 Å². The van der Waals surface area contributed by atoms with Crippen molar-refractivity contribution in [3.8, 4) is 0 Å². The number of nitrogens with one attached hydrogen (secondary N) is 1. The SMILES string of the molecule is CS(=O)(=O)N1CCN(C(=O)c2ccc(F)c(F)c2)C1C(=O)NCCN. The van der Waals surface area contributed by atoms with E-state index in [-0.39, 0.29) is 31.7 Å². The van der Waals surface area contributed by atoms with Gasteiger partial charge in [0.1, 0.15) is 0 Å². The number of halogens is 2. The minimum atomic E-state index is -3.77. The molecule has 25 heavy (non-hydrogen) atoms. The third kappa shape index (κ3) is 4.11. The van der Waals surface area contributed by atoms with Crippen LogP contribution in [0.1, 0.15) is 10.4 Å². The average molecular weight is 376 g/mol. The van der Waals surface area contributed by atoms with Crippen LogP contribution in [0.4, 0.5) is 8.78 Å². The van der Waals surface area contributed by atoms with Gasteiger partial charge >= 0.3 is 0 Å². The Labute approximate surface area is 143 Å². The van der Waals surface area contributed by atoms with Crippen molar-refractivity contribution in [2.75, 3.05) is 32.4 Å². The Kier molecular flexibility index (Phi) is 5.70. The standard InChI is InChI=1S/C14H18F2N4O4S/c1-25(23,24)20-7-6-19(13(20)12(21)18-5-4-17)14(22)9-2-3-10(15)11(16)8-9/h2-3,8,13H,4-7,17H2,1H3,(H,18,21). The van der Waals surface area contributed by atoms with Crippen LogP contribution in [-0.2, 0) is 14.8 Å². The zero-order chi connectivity index (χ0) is 18.8. The van der Waals surface area contributed by atoms with Gasteiger partial charge < -0.3 is 16.0 Å². The third-order valence-electron chi connectivity index (χ3n) is 3.66. The minimum absolute atomic E-state index is 0.0639. The highest BCUT2D eigenvalue weighted by Gasteiger charge is 2.44. The van der Waals surface area contributed by atoms with E-state index in [0.29, 0.717) is 6.07 Å². The lowest BCUT2D eigenvalue weighted by Crippen LogP contribution is -2.54. The monoisotopic (exact) mass is 376 g/mol. The number of sulfonamides is 1. The number of nitrogens with two attached hydrogens (primary N) is 1. The van der Waals surface area contributed by atoms with Crippen LogP contribution in [0.15, 0.2) is 18.2 Å². The van der Waals surface area contributed by atoms with Crippen LogP contribution in [0.25, 0.3) is 0 Å². The Balaban J connectivity index is 2.34. The maximum absolute atomic E-state index is 13.4. The number of carbonyl (C=O) groups excluding carboxylic acids is 2. The van der Waals surface area contributed by atoms with Crippen LogP contribution in [0.2, 0.25) is 0 Å². The van der Waals surface area contributed by atoms with Crippen LogP contribution in [0.3, 0.4) is 0 Å². The fourth-order valence-corrected chi connectivity index (χ4v) is 3.51. The summed E-state index contributed by atoms with van der Waals surface area (Å²) in [7, 11) is -3.77. The van der Waals surface area contributed by atoms with E-state index in [1.807, 2.05) is 0 Å². The molecule has 1 fully saturated rings. The smallest absolute Gasteiger partial charge is 0.259 e. The molecule has 0 saturated carbocycles. The fraction of sp³-hybridized carbons (Fsp3) is 0.429. The highest BCUT2D eigenvalue weighted by Crippen LogP contribution is 2.21. The molecule has 1 aromatic rings. The zero-order valence-corrected chi connectivity index (χ0v) is 14.2. The molecular formula is C14H18F2N4O4S. The van der Waals surface area contributed by atoms with Crippen molar-refractivity contribution < 1.29 is 26.8 Å². The molecule has 1 aliphatic rings. The summed E-state index contributed by atoms with van der Waals surface area (Å²) < 4.78 is 51.1. The second kappa shape index (κ2) is 7.42. The highest BCUT2D eigenvalue weighted by molar-refractivity contribution is 7.88. The molecule has 0 bridgehead atoms. The number of rotatable bonds is 5. The molecule has 1 aromatic carbocycles. The van der Waals surface area contributed by atoms with Crippen LogP contribution in [0.5, 0.6) is 0 Å². The van der Waals surface area contributed by atoms with Crippen molar-refractivity contribution in [1.29, 1.82) is 0 Å². The molecule has 2 rings (SSSR count).